The number of hydrogen-bond donors (Lipinski definition) is 1. The summed E-state index contributed by atoms with van der Waals surface area (Å²) in [5.74, 6) is 1.62. The Kier molecular flexibility index (Phi) is 2.42. The number of thiol groups is 1. The maximum Gasteiger partial charge on any atom is 0.0962 e. The molecule has 0 N–H and O–H groups in total. The van der Waals surface area contributed by atoms with Crippen LogP contribution in [0.4, 0.5) is 0 Å². The predicted octanol–water partition coefficient (Wildman–Crippen LogP) is 3.15. The highest BCUT2D eigenvalue weighted by molar-refractivity contribution is 7.79. The Morgan fingerprint density at radius 1 is 1.58 bits per heavy atom. The normalized spacial score (nSPS) is 17.8. The van der Waals surface area contributed by atoms with E-state index in [2.05, 4.69) is 24.5 Å². The van der Waals surface area contributed by atoms with E-state index in [0.29, 0.717) is 0 Å². The molecule has 3 heteroatoms. The third kappa shape index (κ3) is 1.40. The molecule has 0 bridgehead atoms. The second-order valence-corrected chi connectivity index (χ2v) is 4.78. The van der Waals surface area contributed by atoms with E-state index in [1.807, 2.05) is 11.3 Å². The molecule has 1 aromatic heterocycles. The van der Waals surface area contributed by atoms with Crippen molar-refractivity contribution >= 4 is 24.0 Å². The highest BCUT2D eigenvalue weighted by atomic mass is 32.1. The molecule has 0 radical (unpaired) electrons. The van der Waals surface area contributed by atoms with Gasteiger partial charge in [-0.3, -0.25) is 0 Å². The molecule has 1 aromatic rings. The molecule has 0 aliphatic heterocycles. The highest BCUT2D eigenvalue weighted by Gasteiger charge is 2.23. The SMILES string of the molecule is Cc1nc(C2CCC2)sc1CS. The van der Waals surface area contributed by atoms with Gasteiger partial charge in [-0.05, 0) is 19.8 Å². The van der Waals surface area contributed by atoms with Crippen LogP contribution in [0.5, 0.6) is 0 Å². The fraction of sp³-hybridized carbons (Fsp3) is 0.667. The van der Waals surface area contributed by atoms with Crippen molar-refractivity contribution in [1.29, 1.82) is 0 Å². The van der Waals surface area contributed by atoms with Gasteiger partial charge in [0.15, 0.2) is 0 Å². The van der Waals surface area contributed by atoms with Gasteiger partial charge in [-0.1, -0.05) is 6.42 Å². The number of hydrogen-bond acceptors (Lipinski definition) is 3. The van der Waals surface area contributed by atoms with Gasteiger partial charge in [-0.15, -0.1) is 11.3 Å². The van der Waals surface area contributed by atoms with E-state index in [9.17, 15) is 0 Å². The van der Waals surface area contributed by atoms with Gasteiger partial charge in [0.2, 0.25) is 0 Å². The van der Waals surface area contributed by atoms with E-state index >= 15 is 0 Å². The average molecular weight is 199 g/mol. The van der Waals surface area contributed by atoms with Gasteiger partial charge >= 0.3 is 0 Å². The Balaban J connectivity index is 2.21. The third-order valence-electron chi connectivity index (χ3n) is 2.51. The van der Waals surface area contributed by atoms with E-state index in [1.165, 1.54) is 34.8 Å². The van der Waals surface area contributed by atoms with Crippen LogP contribution in [-0.4, -0.2) is 4.98 Å². The molecule has 1 heterocycles. The van der Waals surface area contributed by atoms with E-state index in [4.69, 9.17) is 0 Å². The second kappa shape index (κ2) is 3.38. The van der Waals surface area contributed by atoms with Crippen molar-refractivity contribution in [2.75, 3.05) is 0 Å². The minimum Gasteiger partial charge on any atom is -0.246 e. The quantitative estimate of drug-likeness (QED) is 0.722. The number of aromatic nitrogens is 1. The first-order valence-electron chi connectivity index (χ1n) is 4.38. The largest absolute Gasteiger partial charge is 0.246 e. The van der Waals surface area contributed by atoms with Crippen LogP contribution in [0.1, 0.15) is 40.8 Å². The number of rotatable bonds is 2. The summed E-state index contributed by atoms with van der Waals surface area (Å²) >= 11 is 6.14. The maximum atomic E-state index is 4.57. The zero-order valence-corrected chi connectivity index (χ0v) is 8.92. The lowest BCUT2D eigenvalue weighted by atomic mass is 9.86. The lowest BCUT2D eigenvalue weighted by Gasteiger charge is -2.22. The number of thiazole rings is 1. The van der Waals surface area contributed by atoms with E-state index in [-0.39, 0.29) is 0 Å². The van der Waals surface area contributed by atoms with Crippen molar-refractivity contribution in [1.82, 2.24) is 4.98 Å². The van der Waals surface area contributed by atoms with Gasteiger partial charge in [0.1, 0.15) is 0 Å². The van der Waals surface area contributed by atoms with Crippen LogP contribution < -0.4 is 0 Å². The van der Waals surface area contributed by atoms with Crippen LogP contribution >= 0.6 is 24.0 Å². The second-order valence-electron chi connectivity index (χ2n) is 3.35. The van der Waals surface area contributed by atoms with E-state index < -0.39 is 0 Å². The Hall–Kier alpha value is -0.0200. The van der Waals surface area contributed by atoms with Gasteiger partial charge in [0, 0.05) is 16.5 Å². The van der Waals surface area contributed by atoms with Gasteiger partial charge in [-0.25, -0.2) is 4.98 Å². The number of aryl methyl sites for hydroxylation is 1. The zero-order valence-electron chi connectivity index (χ0n) is 7.21. The first-order chi connectivity index (χ1) is 5.81. The summed E-state index contributed by atoms with van der Waals surface area (Å²) in [4.78, 5) is 5.92. The molecule has 0 unspecified atom stereocenters. The fourth-order valence-corrected chi connectivity index (χ4v) is 2.94. The van der Waals surface area contributed by atoms with Gasteiger partial charge in [0.05, 0.1) is 10.7 Å². The van der Waals surface area contributed by atoms with Crippen molar-refractivity contribution in [2.45, 2.75) is 37.9 Å². The summed E-state index contributed by atoms with van der Waals surface area (Å²) in [5, 5.41) is 1.35. The van der Waals surface area contributed by atoms with E-state index in [0.717, 1.165) is 11.7 Å². The Morgan fingerprint density at radius 2 is 2.33 bits per heavy atom. The summed E-state index contributed by atoms with van der Waals surface area (Å²) in [7, 11) is 0. The van der Waals surface area contributed by atoms with Gasteiger partial charge in [-0.2, -0.15) is 12.6 Å². The van der Waals surface area contributed by atoms with Crippen LogP contribution in [0, 0.1) is 6.92 Å². The molecule has 1 fully saturated rings. The summed E-state index contributed by atoms with van der Waals surface area (Å²) in [6, 6.07) is 0. The molecule has 0 saturated heterocycles. The molecule has 12 heavy (non-hydrogen) atoms. The van der Waals surface area contributed by atoms with Crippen LogP contribution in [0.25, 0.3) is 0 Å². The molecule has 0 amide bonds. The summed E-state index contributed by atoms with van der Waals surface area (Å²) < 4.78 is 0. The molecule has 1 aliphatic carbocycles. The number of nitrogens with zero attached hydrogens (tertiary/aromatic N) is 1. The van der Waals surface area contributed by atoms with Crippen molar-refractivity contribution in [3.8, 4) is 0 Å². The third-order valence-corrected chi connectivity index (χ3v) is 4.36. The van der Waals surface area contributed by atoms with Crippen LogP contribution in [0.3, 0.4) is 0 Å². The topological polar surface area (TPSA) is 12.9 Å². The van der Waals surface area contributed by atoms with Gasteiger partial charge < -0.3 is 0 Å². The first kappa shape index (κ1) is 8.57. The summed E-state index contributed by atoms with van der Waals surface area (Å²) in [5.41, 5.74) is 1.19. The molecule has 0 spiro atoms. The molecule has 0 atom stereocenters. The average Bonchev–Trinajstić information content (AvgIpc) is 2.27. The summed E-state index contributed by atoms with van der Waals surface area (Å²) in [6.45, 7) is 2.09. The minimum atomic E-state index is 0.780. The van der Waals surface area contributed by atoms with E-state index in [1.54, 1.807) is 0 Å². The fourth-order valence-electron chi connectivity index (χ4n) is 1.43. The molecule has 1 aliphatic rings. The molecular formula is C9H13NS2. The smallest absolute Gasteiger partial charge is 0.0962 e. The van der Waals surface area contributed by atoms with Gasteiger partial charge in [0.25, 0.3) is 0 Å². The Morgan fingerprint density at radius 3 is 2.75 bits per heavy atom. The minimum absolute atomic E-state index is 0.780. The summed E-state index contributed by atoms with van der Waals surface area (Å²) in [6.07, 6.45) is 4.08. The monoisotopic (exact) mass is 199 g/mol. The van der Waals surface area contributed by atoms with Crippen LogP contribution in [0.15, 0.2) is 0 Å². The van der Waals surface area contributed by atoms with Crippen molar-refractivity contribution in [2.24, 2.45) is 0 Å². The lowest BCUT2D eigenvalue weighted by Crippen LogP contribution is -2.07. The van der Waals surface area contributed by atoms with Crippen molar-refractivity contribution in [3.63, 3.8) is 0 Å². The highest BCUT2D eigenvalue weighted by Crippen LogP contribution is 2.39. The van der Waals surface area contributed by atoms with Crippen molar-refractivity contribution in [3.05, 3.63) is 15.6 Å². The molecule has 2 rings (SSSR count). The maximum absolute atomic E-state index is 4.57. The van der Waals surface area contributed by atoms with Crippen LogP contribution in [-0.2, 0) is 5.75 Å². The Labute approximate surface area is 82.6 Å². The van der Waals surface area contributed by atoms with Crippen molar-refractivity contribution < 1.29 is 0 Å². The molecule has 0 aromatic carbocycles. The predicted molar refractivity (Wildman–Crippen MR) is 56.1 cm³/mol. The van der Waals surface area contributed by atoms with Crippen LogP contribution in [0.2, 0.25) is 0 Å². The molecule has 1 saturated carbocycles. The zero-order chi connectivity index (χ0) is 8.55. The molecular weight excluding hydrogens is 186 g/mol. The molecule has 1 nitrogen and oxygen atoms in total. The Bertz CT molecular complexity index is 276. The lowest BCUT2D eigenvalue weighted by molar-refractivity contribution is 0.418. The first-order valence-corrected chi connectivity index (χ1v) is 5.83. The molecule has 66 valence electrons. The standard InChI is InChI=1S/C9H13NS2/c1-6-8(5-11)12-9(10-6)7-3-2-4-7/h7,11H,2-5H2,1H3.